The van der Waals surface area contributed by atoms with Crippen LogP contribution >= 0.6 is 0 Å². The Hall–Kier alpha value is -2.46. The number of rotatable bonds is 11. The predicted octanol–water partition coefficient (Wildman–Crippen LogP) is 3.72. The third kappa shape index (κ3) is 10.0. The standard InChI is InChI=1S/C35H63N5O5/c1-22(2)27(20-24(5)32(44)40-19-15-17-26(40)30(42)36-28(21-41)34(6,7)8)38(12)33(45)29(35(9,10)11)37-31(43)25-16-13-14-18-39(25)23(3)4/h20,22-23,25-29,41H,13-19,21H2,1-12H3,(H,36,42)(H,37,43)/t25?,26-,27+,28+,29+/m0/s1. The molecule has 0 aromatic heterocycles. The summed E-state index contributed by atoms with van der Waals surface area (Å²) >= 11 is 0. The highest BCUT2D eigenvalue weighted by Crippen LogP contribution is 2.27. The molecule has 45 heavy (non-hydrogen) atoms. The summed E-state index contributed by atoms with van der Waals surface area (Å²) in [7, 11) is 1.74. The van der Waals surface area contributed by atoms with E-state index in [9.17, 15) is 24.3 Å². The van der Waals surface area contributed by atoms with Crippen molar-refractivity contribution in [3.8, 4) is 0 Å². The van der Waals surface area contributed by atoms with Gasteiger partial charge in [0, 0.05) is 25.2 Å². The molecule has 2 aliphatic heterocycles. The van der Waals surface area contributed by atoms with E-state index in [2.05, 4.69) is 29.4 Å². The zero-order valence-electron chi connectivity index (χ0n) is 30.2. The number of carbonyl (C=O) groups is 4. The normalized spacial score (nSPS) is 22.3. The van der Waals surface area contributed by atoms with Crippen molar-refractivity contribution < 1.29 is 24.3 Å². The number of likely N-dealkylation sites (N-methyl/N-ethyl adjacent to an activating group) is 1. The van der Waals surface area contributed by atoms with Gasteiger partial charge in [-0.05, 0) is 69.7 Å². The molecule has 2 heterocycles. The molecule has 0 spiro atoms. The molecule has 4 amide bonds. The van der Waals surface area contributed by atoms with Gasteiger partial charge in [0.05, 0.1) is 24.7 Å². The van der Waals surface area contributed by atoms with Crippen molar-refractivity contribution in [2.24, 2.45) is 16.7 Å². The van der Waals surface area contributed by atoms with Crippen molar-refractivity contribution in [1.29, 1.82) is 0 Å². The molecule has 0 aromatic rings. The first kappa shape index (κ1) is 38.7. The molecule has 2 aliphatic rings. The number of aliphatic hydroxyl groups is 1. The lowest BCUT2D eigenvalue weighted by atomic mass is 9.84. The number of piperidine rings is 1. The van der Waals surface area contributed by atoms with E-state index in [0.29, 0.717) is 25.0 Å². The summed E-state index contributed by atoms with van der Waals surface area (Å²) in [6.07, 6.45) is 5.92. The van der Waals surface area contributed by atoms with Gasteiger partial charge in [-0.1, -0.05) is 67.9 Å². The Kier molecular flexibility index (Phi) is 13.7. The molecule has 2 rings (SSSR count). The third-order valence-corrected chi connectivity index (χ3v) is 9.51. The van der Waals surface area contributed by atoms with Crippen molar-refractivity contribution in [1.82, 2.24) is 25.3 Å². The lowest BCUT2D eigenvalue weighted by Gasteiger charge is -2.41. The fraction of sp³-hybridized carbons (Fsp3) is 0.829. The van der Waals surface area contributed by atoms with Crippen molar-refractivity contribution in [3.63, 3.8) is 0 Å². The molecule has 0 radical (unpaired) electrons. The number of nitrogens with zero attached hydrogens (tertiary/aromatic N) is 3. The second-order valence-corrected chi connectivity index (χ2v) is 16.0. The summed E-state index contributed by atoms with van der Waals surface area (Å²) in [4.78, 5) is 60.2. The minimum Gasteiger partial charge on any atom is -0.394 e. The second-order valence-electron chi connectivity index (χ2n) is 16.0. The van der Waals surface area contributed by atoms with Gasteiger partial charge in [-0.25, -0.2) is 0 Å². The van der Waals surface area contributed by atoms with Crippen LogP contribution in [0.1, 0.15) is 108 Å². The molecule has 0 aromatic carbocycles. The second kappa shape index (κ2) is 15.9. The van der Waals surface area contributed by atoms with Crippen molar-refractivity contribution in [2.75, 3.05) is 26.7 Å². The van der Waals surface area contributed by atoms with E-state index in [1.165, 1.54) is 0 Å². The first-order chi connectivity index (χ1) is 20.7. The van der Waals surface area contributed by atoms with E-state index in [0.717, 1.165) is 25.8 Å². The van der Waals surface area contributed by atoms with Gasteiger partial charge in [-0.3, -0.25) is 24.1 Å². The number of amides is 4. The lowest BCUT2D eigenvalue weighted by Crippen LogP contribution is -2.60. The van der Waals surface area contributed by atoms with Gasteiger partial charge in [-0.2, -0.15) is 0 Å². The molecule has 258 valence electrons. The van der Waals surface area contributed by atoms with Crippen molar-refractivity contribution >= 4 is 23.6 Å². The van der Waals surface area contributed by atoms with E-state index >= 15 is 0 Å². The highest BCUT2D eigenvalue weighted by molar-refractivity contribution is 5.97. The Morgan fingerprint density at radius 2 is 1.44 bits per heavy atom. The van der Waals surface area contributed by atoms with Gasteiger partial charge >= 0.3 is 0 Å². The monoisotopic (exact) mass is 633 g/mol. The number of nitrogens with one attached hydrogen (secondary N) is 2. The molecule has 2 fully saturated rings. The fourth-order valence-electron chi connectivity index (χ4n) is 6.48. The molecule has 3 N–H and O–H groups in total. The van der Waals surface area contributed by atoms with Crippen LogP contribution in [-0.4, -0.2) is 106 Å². The maximum atomic E-state index is 14.1. The Morgan fingerprint density at radius 1 is 0.867 bits per heavy atom. The number of hydrogen-bond acceptors (Lipinski definition) is 6. The van der Waals surface area contributed by atoms with Crippen molar-refractivity contribution in [3.05, 3.63) is 11.6 Å². The Labute approximate surface area is 272 Å². The van der Waals surface area contributed by atoms with Crippen LogP contribution in [0.25, 0.3) is 0 Å². The Morgan fingerprint density at radius 3 is 1.96 bits per heavy atom. The van der Waals surface area contributed by atoms with Crippen LogP contribution in [0.4, 0.5) is 0 Å². The van der Waals surface area contributed by atoms with E-state index in [1.807, 2.05) is 61.5 Å². The molecule has 10 heteroatoms. The predicted molar refractivity (Wildman–Crippen MR) is 179 cm³/mol. The van der Waals surface area contributed by atoms with Gasteiger partial charge in [0.1, 0.15) is 12.1 Å². The average molecular weight is 634 g/mol. The Balaban J connectivity index is 2.27. The first-order valence-electron chi connectivity index (χ1n) is 17.0. The van der Waals surface area contributed by atoms with Crippen LogP contribution in [-0.2, 0) is 19.2 Å². The molecule has 2 saturated heterocycles. The highest BCUT2D eigenvalue weighted by Gasteiger charge is 2.41. The fourth-order valence-corrected chi connectivity index (χ4v) is 6.48. The minimum atomic E-state index is -0.745. The summed E-state index contributed by atoms with van der Waals surface area (Å²) in [5, 5.41) is 15.9. The van der Waals surface area contributed by atoms with Crippen molar-refractivity contribution in [2.45, 2.75) is 145 Å². The molecule has 0 bridgehead atoms. The minimum absolute atomic E-state index is 0.0115. The number of likely N-dealkylation sites (tertiary alicyclic amines) is 2. The summed E-state index contributed by atoms with van der Waals surface area (Å²) in [5.41, 5.74) is -0.401. The van der Waals surface area contributed by atoms with Crippen LogP contribution in [0.5, 0.6) is 0 Å². The van der Waals surface area contributed by atoms with E-state index < -0.39 is 29.6 Å². The Bertz CT molecular complexity index is 1070. The van der Waals surface area contributed by atoms with E-state index in [1.54, 1.807) is 23.8 Å². The summed E-state index contributed by atoms with van der Waals surface area (Å²) in [6.45, 7) is 22.8. The smallest absolute Gasteiger partial charge is 0.249 e. The zero-order valence-corrected chi connectivity index (χ0v) is 30.2. The van der Waals surface area contributed by atoms with Gasteiger partial charge < -0.3 is 25.5 Å². The molecular formula is C35H63N5O5. The van der Waals surface area contributed by atoms with Gasteiger partial charge in [-0.15, -0.1) is 0 Å². The maximum absolute atomic E-state index is 14.1. The van der Waals surface area contributed by atoms with Gasteiger partial charge in [0.25, 0.3) is 0 Å². The number of aliphatic hydroxyl groups excluding tert-OH is 1. The van der Waals surface area contributed by atoms with Crippen LogP contribution in [0, 0.1) is 16.7 Å². The van der Waals surface area contributed by atoms with Gasteiger partial charge in [0.15, 0.2) is 0 Å². The number of carbonyl (C=O) groups excluding carboxylic acids is 4. The molecule has 0 aliphatic carbocycles. The molecular weight excluding hydrogens is 570 g/mol. The molecule has 0 saturated carbocycles. The SMILES string of the molecule is CC(=C[C@H](C(C)C)N(C)C(=O)[C@@H](NC(=O)C1CCCCN1C(C)C)C(C)(C)C)C(=O)N1CCC[C@H]1C(=O)N[C@H](CO)C(C)(C)C. The largest absolute Gasteiger partial charge is 0.394 e. The van der Waals surface area contributed by atoms with Crippen LogP contribution in [0.2, 0.25) is 0 Å². The highest BCUT2D eigenvalue weighted by atomic mass is 16.3. The lowest BCUT2D eigenvalue weighted by molar-refractivity contribution is -0.142. The van der Waals surface area contributed by atoms with Gasteiger partial charge in [0.2, 0.25) is 23.6 Å². The molecule has 5 atom stereocenters. The summed E-state index contributed by atoms with van der Waals surface area (Å²) in [6, 6.07) is -2.21. The van der Waals surface area contributed by atoms with Crippen LogP contribution in [0.15, 0.2) is 11.6 Å². The average Bonchev–Trinajstić information content (AvgIpc) is 3.44. The quantitative estimate of drug-likeness (QED) is 0.298. The third-order valence-electron chi connectivity index (χ3n) is 9.51. The molecule has 1 unspecified atom stereocenters. The van der Waals surface area contributed by atoms with E-state index in [-0.39, 0.29) is 53.7 Å². The summed E-state index contributed by atoms with van der Waals surface area (Å²) < 4.78 is 0. The summed E-state index contributed by atoms with van der Waals surface area (Å²) in [5.74, 6) is -0.812. The maximum Gasteiger partial charge on any atom is 0.249 e. The number of hydrogen-bond donors (Lipinski definition) is 3. The topological polar surface area (TPSA) is 122 Å². The van der Waals surface area contributed by atoms with Crippen LogP contribution < -0.4 is 10.6 Å². The van der Waals surface area contributed by atoms with Crippen LogP contribution in [0.3, 0.4) is 0 Å². The molecule has 10 nitrogen and oxygen atoms in total. The van der Waals surface area contributed by atoms with E-state index in [4.69, 9.17) is 0 Å². The zero-order chi connectivity index (χ0) is 34.4. The first-order valence-corrected chi connectivity index (χ1v) is 17.0.